The topological polar surface area (TPSA) is 68.3 Å². The smallest absolute Gasteiger partial charge is 0.352 e. The number of aromatic nitrogens is 2. The maximum absolute atomic E-state index is 11.6. The fraction of sp³-hybridized carbons (Fsp3) is 0.294. The number of fused-ring (bicyclic) bond motifs is 1. The summed E-state index contributed by atoms with van der Waals surface area (Å²) in [4.78, 5) is 15.9. The summed E-state index contributed by atoms with van der Waals surface area (Å²) in [6.07, 6.45) is 1.57. The number of benzene rings is 1. The Morgan fingerprint density at radius 2 is 2.18 bits per heavy atom. The molecule has 0 saturated carbocycles. The summed E-state index contributed by atoms with van der Waals surface area (Å²) in [6.45, 7) is 6.36. The quantitative estimate of drug-likeness (QED) is 0.795. The third-order valence-electron chi connectivity index (χ3n) is 3.78. The lowest BCUT2D eigenvalue weighted by Crippen LogP contribution is -2.10. The number of rotatable bonds is 4. The molecule has 0 saturated heterocycles. The summed E-state index contributed by atoms with van der Waals surface area (Å²) < 4.78 is 7.04. The van der Waals surface area contributed by atoms with Crippen LogP contribution in [0, 0.1) is 6.92 Å². The first-order valence-electron chi connectivity index (χ1n) is 7.24. The maximum atomic E-state index is 11.6. The second kappa shape index (κ2) is 5.33. The Bertz CT molecular complexity index is 843. The van der Waals surface area contributed by atoms with Crippen LogP contribution in [0.5, 0.6) is 0 Å². The van der Waals surface area contributed by atoms with Crippen LogP contribution in [0.1, 0.15) is 47.4 Å². The van der Waals surface area contributed by atoms with Gasteiger partial charge < -0.3 is 14.1 Å². The predicted octanol–water partition coefficient (Wildman–Crippen LogP) is 3.81. The van der Waals surface area contributed by atoms with Gasteiger partial charge in [0.05, 0.1) is 17.8 Å². The first-order chi connectivity index (χ1) is 10.5. The molecule has 0 aliphatic carbocycles. The molecule has 0 amide bonds. The zero-order valence-corrected chi connectivity index (χ0v) is 12.8. The minimum absolute atomic E-state index is 0.267. The summed E-state index contributed by atoms with van der Waals surface area (Å²) in [5, 5.41) is 10.4. The highest BCUT2D eigenvalue weighted by Crippen LogP contribution is 2.29. The minimum atomic E-state index is -0.939. The van der Waals surface area contributed by atoms with Gasteiger partial charge in [0.1, 0.15) is 12.0 Å². The minimum Gasteiger partial charge on any atom is -0.477 e. The van der Waals surface area contributed by atoms with Crippen LogP contribution < -0.4 is 0 Å². The van der Waals surface area contributed by atoms with Crippen LogP contribution in [0.4, 0.5) is 0 Å². The van der Waals surface area contributed by atoms with Gasteiger partial charge >= 0.3 is 5.97 Å². The lowest BCUT2D eigenvalue weighted by atomic mass is 10.0. The van der Waals surface area contributed by atoms with Gasteiger partial charge in [0, 0.05) is 12.3 Å². The van der Waals surface area contributed by atoms with E-state index in [0.29, 0.717) is 18.4 Å². The van der Waals surface area contributed by atoms with Gasteiger partial charge in [0.15, 0.2) is 5.89 Å². The van der Waals surface area contributed by atoms with Crippen LogP contribution in [-0.4, -0.2) is 20.6 Å². The zero-order valence-electron chi connectivity index (χ0n) is 12.8. The van der Waals surface area contributed by atoms with E-state index in [4.69, 9.17) is 4.42 Å². The molecule has 3 aromatic rings. The van der Waals surface area contributed by atoms with Crippen molar-refractivity contribution in [2.24, 2.45) is 0 Å². The van der Waals surface area contributed by atoms with Crippen molar-refractivity contribution in [2.45, 2.75) is 33.2 Å². The molecule has 0 radical (unpaired) electrons. The molecule has 0 aliphatic rings. The van der Waals surface area contributed by atoms with Crippen LogP contribution in [0.3, 0.4) is 0 Å². The van der Waals surface area contributed by atoms with Crippen LogP contribution in [0.25, 0.3) is 10.9 Å². The van der Waals surface area contributed by atoms with E-state index in [2.05, 4.69) is 18.8 Å². The van der Waals surface area contributed by atoms with Gasteiger partial charge in [-0.3, -0.25) is 0 Å². The largest absolute Gasteiger partial charge is 0.477 e. The maximum Gasteiger partial charge on any atom is 0.352 e. The number of aryl methyl sites for hydroxylation is 1. The van der Waals surface area contributed by atoms with Crippen LogP contribution in [0.15, 0.2) is 34.9 Å². The van der Waals surface area contributed by atoms with Crippen molar-refractivity contribution in [2.75, 3.05) is 0 Å². The number of hydrogen-bond acceptors (Lipinski definition) is 3. The number of para-hydroxylation sites is 1. The molecule has 114 valence electrons. The van der Waals surface area contributed by atoms with Crippen molar-refractivity contribution < 1.29 is 14.3 Å². The average molecular weight is 298 g/mol. The van der Waals surface area contributed by atoms with Gasteiger partial charge in [-0.25, -0.2) is 9.78 Å². The fourth-order valence-electron chi connectivity index (χ4n) is 2.80. The Morgan fingerprint density at radius 1 is 1.41 bits per heavy atom. The third-order valence-corrected chi connectivity index (χ3v) is 3.78. The lowest BCUT2D eigenvalue weighted by molar-refractivity contribution is 0.0686. The first-order valence-corrected chi connectivity index (χ1v) is 7.24. The van der Waals surface area contributed by atoms with E-state index in [1.165, 1.54) is 0 Å². The van der Waals surface area contributed by atoms with E-state index in [0.717, 1.165) is 22.2 Å². The Balaban J connectivity index is 2.24. The van der Waals surface area contributed by atoms with Gasteiger partial charge in [0.25, 0.3) is 0 Å². The number of hydrogen-bond donors (Lipinski definition) is 1. The normalized spacial score (nSPS) is 11.5. The van der Waals surface area contributed by atoms with Gasteiger partial charge in [-0.2, -0.15) is 0 Å². The molecule has 0 spiro atoms. The summed E-state index contributed by atoms with van der Waals surface area (Å²) in [7, 11) is 0. The second-order valence-corrected chi connectivity index (χ2v) is 5.72. The van der Waals surface area contributed by atoms with Crippen LogP contribution in [0.2, 0.25) is 0 Å². The molecule has 2 aromatic heterocycles. The summed E-state index contributed by atoms with van der Waals surface area (Å²) in [6, 6.07) is 7.67. The molecule has 22 heavy (non-hydrogen) atoms. The molecule has 0 aliphatic heterocycles. The predicted molar refractivity (Wildman–Crippen MR) is 83.3 cm³/mol. The fourth-order valence-corrected chi connectivity index (χ4v) is 2.80. The molecular weight excluding hydrogens is 280 g/mol. The summed E-state index contributed by atoms with van der Waals surface area (Å²) >= 11 is 0. The number of oxazole rings is 1. The highest BCUT2D eigenvalue weighted by Gasteiger charge is 2.19. The molecule has 0 bridgehead atoms. The Kier molecular flexibility index (Phi) is 3.48. The number of carboxylic acid groups (broad SMARTS) is 1. The van der Waals surface area contributed by atoms with E-state index in [-0.39, 0.29) is 5.69 Å². The Morgan fingerprint density at radius 3 is 2.77 bits per heavy atom. The number of nitrogens with zero attached hydrogens (tertiary/aromatic N) is 2. The van der Waals surface area contributed by atoms with Crippen molar-refractivity contribution in [1.82, 2.24) is 9.55 Å². The van der Waals surface area contributed by atoms with Gasteiger partial charge in [0.2, 0.25) is 0 Å². The molecule has 1 aromatic carbocycles. The molecule has 2 heterocycles. The van der Waals surface area contributed by atoms with E-state index in [1.807, 2.05) is 22.8 Å². The number of carbonyl (C=O) groups is 1. The second-order valence-electron chi connectivity index (χ2n) is 5.72. The summed E-state index contributed by atoms with van der Waals surface area (Å²) in [5.41, 5.74) is 3.07. The van der Waals surface area contributed by atoms with Gasteiger partial charge in [-0.1, -0.05) is 32.0 Å². The average Bonchev–Trinajstić information content (AvgIpc) is 3.03. The number of carboxylic acids is 1. The van der Waals surface area contributed by atoms with Crippen molar-refractivity contribution in [3.8, 4) is 0 Å². The molecular formula is C17H18N2O3. The summed E-state index contributed by atoms with van der Waals surface area (Å²) in [5.74, 6) is -0.0587. The standard InChI is InChI=1S/C17H18N2O3/c1-10(2)14-6-4-5-12-7-15(17(20)21)19(16(12)14)8-13-9-22-11(3)18-13/h4-7,9-10H,8H2,1-3H3,(H,20,21). The Labute approximate surface area is 128 Å². The van der Waals surface area contributed by atoms with Gasteiger partial charge in [-0.05, 0) is 17.5 Å². The highest BCUT2D eigenvalue weighted by atomic mass is 16.4. The van der Waals surface area contributed by atoms with Crippen molar-refractivity contribution in [3.63, 3.8) is 0 Å². The molecule has 3 rings (SSSR count). The molecule has 0 fully saturated rings. The Hall–Kier alpha value is -2.56. The first kappa shape index (κ1) is 14.4. The van der Waals surface area contributed by atoms with Crippen LogP contribution >= 0.6 is 0 Å². The van der Waals surface area contributed by atoms with Crippen molar-refractivity contribution >= 4 is 16.9 Å². The zero-order chi connectivity index (χ0) is 15.9. The van der Waals surface area contributed by atoms with E-state index < -0.39 is 5.97 Å². The van der Waals surface area contributed by atoms with Gasteiger partial charge in [-0.15, -0.1) is 0 Å². The van der Waals surface area contributed by atoms with E-state index in [1.54, 1.807) is 19.3 Å². The van der Waals surface area contributed by atoms with E-state index >= 15 is 0 Å². The van der Waals surface area contributed by atoms with Crippen molar-refractivity contribution in [3.05, 3.63) is 53.4 Å². The third kappa shape index (κ3) is 2.39. The monoisotopic (exact) mass is 298 g/mol. The SMILES string of the molecule is Cc1nc(Cn2c(C(=O)O)cc3cccc(C(C)C)c32)co1. The number of aromatic carboxylic acids is 1. The highest BCUT2D eigenvalue weighted by molar-refractivity contribution is 5.96. The molecule has 0 atom stereocenters. The molecule has 1 N–H and O–H groups in total. The molecule has 5 nitrogen and oxygen atoms in total. The lowest BCUT2D eigenvalue weighted by Gasteiger charge is -2.12. The van der Waals surface area contributed by atoms with Crippen LogP contribution in [-0.2, 0) is 6.54 Å². The van der Waals surface area contributed by atoms with Crippen molar-refractivity contribution in [1.29, 1.82) is 0 Å². The molecule has 0 unspecified atom stereocenters. The molecule has 5 heteroatoms. The van der Waals surface area contributed by atoms with E-state index in [9.17, 15) is 9.90 Å².